The molecule has 30 heavy (non-hydrogen) atoms. The summed E-state index contributed by atoms with van der Waals surface area (Å²) in [4.78, 5) is 12.7. The molecule has 0 atom stereocenters. The first-order valence-electron chi connectivity index (χ1n) is 8.97. The molecule has 152 valence electrons. The first-order valence-corrected chi connectivity index (χ1v) is 10.5. The van der Waals surface area contributed by atoms with Crippen LogP contribution in [-0.2, 0) is 10.0 Å². The summed E-state index contributed by atoms with van der Waals surface area (Å²) in [5.74, 6) is -0.934. The highest BCUT2D eigenvalue weighted by atomic mass is 32.2. The molecule has 0 spiro atoms. The molecule has 0 aliphatic heterocycles. The van der Waals surface area contributed by atoms with Crippen LogP contribution in [0.1, 0.15) is 16.1 Å². The van der Waals surface area contributed by atoms with Gasteiger partial charge in [0.15, 0.2) is 5.69 Å². The number of aryl methyl sites for hydroxylation is 1. The molecule has 1 amide bonds. The molecule has 9 heteroatoms. The van der Waals surface area contributed by atoms with Crippen LogP contribution in [0.3, 0.4) is 0 Å². The van der Waals surface area contributed by atoms with E-state index in [0.717, 1.165) is 17.6 Å². The Labute approximate surface area is 172 Å². The van der Waals surface area contributed by atoms with Crippen molar-refractivity contribution in [3.8, 4) is 0 Å². The summed E-state index contributed by atoms with van der Waals surface area (Å²) in [5.41, 5.74) is 1.96. The Bertz CT molecular complexity index is 1350. The molecule has 0 bridgehead atoms. The zero-order valence-electron chi connectivity index (χ0n) is 15.8. The van der Waals surface area contributed by atoms with Gasteiger partial charge in [0.1, 0.15) is 5.82 Å². The third-order valence-corrected chi connectivity index (χ3v) is 6.04. The smallest absolute Gasteiger partial charge is 0.276 e. The zero-order valence-corrected chi connectivity index (χ0v) is 16.6. The van der Waals surface area contributed by atoms with Crippen molar-refractivity contribution >= 4 is 38.2 Å². The largest absolute Gasteiger partial charge is 0.321 e. The van der Waals surface area contributed by atoms with Gasteiger partial charge in [0.25, 0.3) is 15.9 Å². The SMILES string of the molecule is Cc1ccc(NC(=O)c2n[nH]c3ccccc23)cc1S(=O)(=O)Nc1ccc(F)cc1. The van der Waals surface area contributed by atoms with E-state index >= 15 is 0 Å². The number of para-hydroxylation sites is 1. The lowest BCUT2D eigenvalue weighted by atomic mass is 10.2. The van der Waals surface area contributed by atoms with Gasteiger partial charge in [-0.15, -0.1) is 0 Å². The van der Waals surface area contributed by atoms with Crippen molar-refractivity contribution in [3.05, 3.63) is 83.8 Å². The minimum absolute atomic E-state index is 0.00323. The Morgan fingerprint density at radius 1 is 1.00 bits per heavy atom. The van der Waals surface area contributed by atoms with E-state index in [4.69, 9.17) is 0 Å². The Hall–Kier alpha value is -3.72. The number of aromatic amines is 1. The second-order valence-corrected chi connectivity index (χ2v) is 8.32. The number of carbonyl (C=O) groups is 1. The molecule has 0 radical (unpaired) electrons. The fourth-order valence-electron chi connectivity index (χ4n) is 3.02. The topological polar surface area (TPSA) is 104 Å². The summed E-state index contributed by atoms with van der Waals surface area (Å²) in [6, 6.07) is 16.8. The maximum atomic E-state index is 13.1. The molecule has 0 aliphatic carbocycles. The maximum absolute atomic E-state index is 13.1. The van der Waals surface area contributed by atoms with E-state index in [2.05, 4.69) is 20.2 Å². The molecule has 1 aromatic heterocycles. The number of hydrogen-bond donors (Lipinski definition) is 3. The molecule has 4 aromatic rings. The Morgan fingerprint density at radius 3 is 2.47 bits per heavy atom. The van der Waals surface area contributed by atoms with Gasteiger partial charge in [-0.05, 0) is 55.0 Å². The number of hydrogen-bond acceptors (Lipinski definition) is 4. The molecule has 3 N–H and O–H groups in total. The molecular formula is C21H17FN4O3S. The van der Waals surface area contributed by atoms with Crippen molar-refractivity contribution in [3.63, 3.8) is 0 Å². The standard InChI is InChI=1S/C21H17FN4O3S/c1-13-6-9-16(23-21(27)20-17-4-2-3-5-18(17)24-25-20)12-19(13)30(28,29)26-15-10-7-14(22)8-11-15/h2-12,26H,1H3,(H,23,27)(H,24,25). The third kappa shape index (κ3) is 3.87. The summed E-state index contributed by atoms with van der Waals surface area (Å²) in [6.45, 7) is 1.64. The number of halogens is 1. The highest BCUT2D eigenvalue weighted by molar-refractivity contribution is 7.92. The molecule has 1 heterocycles. The Kier molecular flexibility index (Phi) is 4.96. The van der Waals surface area contributed by atoms with Gasteiger partial charge < -0.3 is 5.32 Å². The van der Waals surface area contributed by atoms with Crippen molar-refractivity contribution in [2.24, 2.45) is 0 Å². The number of sulfonamides is 1. The van der Waals surface area contributed by atoms with Crippen molar-refractivity contribution in [1.29, 1.82) is 0 Å². The molecule has 0 saturated heterocycles. The first-order chi connectivity index (χ1) is 14.3. The summed E-state index contributed by atoms with van der Waals surface area (Å²) < 4.78 is 41.1. The number of benzene rings is 3. The van der Waals surface area contributed by atoms with E-state index in [1.807, 2.05) is 6.07 Å². The van der Waals surface area contributed by atoms with E-state index < -0.39 is 21.7 Å². The van der Waals surface area contributed by atoms with Crippen LogP contribution in [0.15, 0.2) is 71.6 Å². The third-order valence-electron chi connectivity index (χ3n) is 4.52. The lowest BCUT2D eigenvalue weighted by Crippen LogP contribution is -2.16. The summed E-state index contributed by atoms with van der Waals surface area (Å²) >= 11 is 0. The van der Waals surface area contributed by atoms with Crippen LogP contribution in [0.4, 0.5) is 15.8 Å². The molecule has 0 unspecified atom stereocenters. The monoisotopic (exact) mass is 424 g/mol. The van der Waals surface area contributed by atoms with Gasteiger partial charge in [0.2, 0.25) is 0 Å². The highest BCUT2D eigenvalue weighted by Crippen LogP contribution is 2.24. The second-order valence-electron chi connectivity index (χ2n) is 6.66. The van der Waals surface area contributed by atoms with Crippen LogP contribution < -0.4 is 10.0 Å². The van der Waals surface area contributed by atoms with Crippen LogP contribution in [-0.4, -0.2) is 24.5 Å². The number of amides is 1. The normalized spacial score (nSPS) is 11.4. The molecule has 7 nitrogen and oxygen atoms in total. The Morgan fingerprint density at radius 2 is 1.70 bits per heavy atom. The second kappa shape index (κ2) is 7.60. The molecule has 3 aromatic carbocycles. The van der Waals surface area contributed by atoms with Crippen LogP contribution in [0.2, 0.25) is 0 Å². The fraction of sp³-hybridized carbons (Fsp3) is 0.0476. The van der Waals surface area contributed by atoms with Crippen LogP contribution in [0, 0.1) is 12.7 Å². The number of carbonyl (C=O) groups excluding carboxylic acids is 1. The average molecular weight is 424 g/mol. The van der Waals surface area contributed by atoms with Gasteiger partial charge in [-0.25, -0.2) is 12.8 Å². The minimum atomic E-state index is -3.95. The van der Waals surface area contributed by atoms with E-state index in [0.29, 0.717) is 16.6 Å². The first kappa shape index (κ1) is 19.6. The minimum Gasteiger partial charge on any atom is -0.321 e. The predicted molar refractivity (Wildman–Crippen MR) is 112 cm³/mol. The maximum Gasteiger partial charge on any atom is 0.276 e. The van der Waals surface area contributed by atoms with Gasteiger partial charge in [-0.1, -0.05) is 24.3 Å². The number of nitrogens with zero attached hydrogens (tertiary/aromatic N) is 1. The number of nitrogens with one attached hydrogen (secondary N) is 3. The molecule has 0 saturated carbocycles. The summed E-state index contributed by atoms with van der Waals surface area (Å²) in [7, 11) is -3.95. The quantitative estimate of drug-likeness (QED) is 0.449. The van der Waals surface area contributed by atoms with Crippen molar-refractivity contribution in [2.75, 3.05) is 10.0 Å². The predicted octanol–water partition coefficient (Wildman–Crippen LogP) is 4.06. The van der Waals surface area contributed by atoms with Gasteiger partial charge >= 0.3 is 0 Å². The van der Waals surface area contributed by atoms with E-state index in [-0.39, 0.29) is 16.3 Å². The molecule has 0 fully saturated rings. The molecular weight excluding hydrogens is 407 g/mol. The van der Waals surface area contributed by atoms with Gasteiger partial charge in [-0.2, -0.15) is 5.10 Å². The Balaban J connectivity index is 1.61. The van der Waals surface area contributed by atoms with Crippen LogP contribution >= 0.6 is 0 Å². The number of fused-ring (bicyclic) bond motifs is 1. The van der Waals surface area contributed by atoms with Gasteiger partial charge in [-0.3, -0.25) is 14.6 Å². The van der Waals surface area contributed by atoms with Crippen molar-refractivity contribution < 1.29 is 17.6 Å². The zero-order chi connectivity index (χ0) is 21.3. The summed E-state index contributed by atoms with van der Waals surface area (Å²) in [5, 5.41) is 10.2. The number of H-pyrrole nitrogens is 1. The number of aromatic nitrogens is 2. The number of anilines is 2. The molecule has 4 rings (SSSR count). The lowest BCUT2D eigenvalue weighted by molar-refractivity contribution is 0.102. The lowest BCUT2D eigenvalue weighted by Gasteiger charge is -2.12. The van der Waals surface area contributed by atoms with Gasteiger partial charge in [0, 0.05) is 16.8 Å². The van der Waals surface area contributed by atoms with Crippen LogP contribution in [0.5, 0.6) is 0 Å². The van der Waals surface area contributed by atoms with E-state index in [1.54, 1.807) is 37.3 Å². The fourth-order valence-corrected chi connectivity index (χ4v) is 4.35. The number of rotatable bonds is 5. The summed E-state index contributed by atoms with van der Waals surface area (Å²) in [6.07, 6.45) is 0. The average Bonchev–Trinajstić information content (AvgIpc) is 3.15. The van der Waals surface area contributed by atoms with Gasteiger partial charge in [0.05, 0.1) is 10.4 Å². The van der Waals surface area contributed by atoms with Crippen LogP contribution in [0.25, 0.3) is 10.9 Å². The highest BCUT2D eigenvalue weighted by Gasteiger charge is 2.19. The van der Waals surface area contributed by atoms with Crippen molar-refractivity contribution in [2.45, 2.75) is 11.8 Å². The molecule has 0 aliphatic rings. The van der Waals surface area contributed by atoms with E-state index in [1.165, 1.54) is 18.2 Å². The van der Waals surface area contributed by atoms with Crippen molar-refractivity contribution in [1.82, 2.24) is 10.2 Å². The van der Waals surface area contributed by atoms with E-state index in [9.17, 15) is 17.6 Å².